The molecule has 2 rings (SSSR count). The van der Waals surface area contributed by atoms with Gasteiger partial charge in [-0.2, -0.15) is 0 Å². The van der Waals surface area contributed by atoms with Crippen molar-refractivity contribution in [3.8, 4) is 0 Å². The van der Waals surface area contributed by atoms with E-state index in [1.54, 1.807) is 18.3 Å². The zero-order valence-electron chi connectivity index (χ0n) is 6.85. The Hall–Kier alpha value is -1.91. The van der Waals surface area contributed by atoms with Crippen LogP contribution in [0, 0.1) is 0 Å². The van der Waals surface area contributed by atoms with Crippen LogP contribution in [0.15, 0.2) is 22.9 Å². The highest BCUT2D eigenvalue weighted by atomic mass is 16.5. The summed E-state index contributed by atoms with van der Waals surface area (Å²) in [5.74, 6) is -0.544. The number of methoxy groups -OCH3 is 1. The lowest BCUT2D eigenvalue weighted by atomic mass is 10.3. The summed E-state index contributed by atoms with van der Waals surface area (Å²) >= 11 is 0. The number of ether oxygens (including phenoxy) is 1. The van der Waals surface area contributed by atoms with Crippen LogP contribution in [-0.4, -0.2) is 23.2 Å². The monoisotopic (exact) mass is 178 g/mol. The van der Waals surface area contributed by atoms with Crippen molar-refractivity contribution >= 4 is 17.1 Å². The topological polar surface area (TPSA) is 65.2 Å². The number of pyridine rings is 1. The SMILES string of the molecule is COC(=O)c1noc2cccnc12. The molecular weight excluding hydrogens is 172 g/mol. The Balaban J connectivity index is 2.64. The van der Waals surface area contributed by atoms with E-state index in [-0.39, 0.29) is 5.69 Å². The van der Waals surface area contributed by atoms with Crippen LogP contribution >= 0.6 is 0 Å². The van der Waals surface area contributed by atoms with E-state index in [1.807, 2.05) is 0 Å². The van der Waals surface area contributed by atoms with Gasteiger partial charge in [0.05, 0.1) is 7.11 Å². The van der Waals surface area contributed by atoms with Gasteiger partial charge in [0.15, 0.2) is 5.58 Å². The minimum Gasteiger partial charge on any atom is -0.464 e. The molecule has 0 aliphatic rings. The quantitative estimate of drug-likeness (QED) is 0.609. The molecule has 2 heterocycles. The molecule has 0 fully saturated rings. The first-order chi connectivity index (χ1) is 6.33. The number of rotatable bonds is 1. The lowest BCUT2D eigenvalue weighted by Crippen LogP contribution is -2.02. The van der Waals surface area contributed by atoms with E-state index >= 15 is 0 Å². The molecule has 0 atom stereocenters. The van der Waals surface area contributed by atoms with Crippen molar-refractivity contribution in [1.29, 1.82) is 0 Å². The Morgan fingerprint density at radius 3 is 3.23 bits per heavy atom. The molecule has 0 spiro atoms. The molecule has 0 aliphatic heterocycles. The summed E-state index contributed by atoms with van der Waals surface area (Å²) in [4.78, 5) is 15.1. The standard InChI is InChI=1S/C8H6N2O3/c1-12-8(11)7-6-5(13-10-7)3-2-4-9-6/h2-4H,1H3. The van der Waals surface area contributed by atoms with Crippen LogP contribution in [-0.2, 0) is 4.74 Å². The van der Waals surface area contributed by atoms with Crippen LogP contribution in [0.2, 0.25) is 0 Å². The van der Waals surface area contributed by atoms with E-state index in [0.717, 1.165) is 0 Å². The molecule has 0 bridgehead atoms. The molecule has 5 nitrogen and oxygen atoms in total. The third-order valence-corrected chi connectivity index (χ3v) is 1.61. The fourth-order valence-electron chi connectivity index (χ4n) is 1.01. The van der Waals surface area contributed by atoms with Crippen molar-refractivity contribution in [1.82, 2.24) is 10.1 Å². The Morgan fingerprint density at radius 1 is 1.62 bits per heavy atom. The molecule has 0 N–H and O–H groups in total. The molecule has 0 saturated carbocycles. The van der Waals surface area contributed by atoms with Gasteiger partial charge >= 0.3 is 5.97 Å². The smallest absolute Gasteiger partial charge is 0.362 e. The van der Waals surface area contributed by atoms with Gasteiger partial charge in [-0.15, -0.1) is 0 Å². The second-order valence-electron chi connectivity index (χ2n) is 2.37. The van der Waals surface area contributed by atoms with Crippen LogP contribution in [0.4, 0.5) is 0 Å². The average Bonchev–Trinajstić information content (AvgIpc) is 2.60. The maximum Gasteiger partial charge on any atom is 0.362 e. The van der Waals surface area contributed by atoms with E-state index in [1.165, 1.54) is 7.11 Å². The maximum absolute atomic E-state index is 11.1. The van der Waals surface area contributed by atoms with Crippen molar-refractivity contribution in [3.05, 3.63) is 24.0 Å². The third-order valence-electron chi connectivity index (χ3n) is 1.61. The summed E-state index contributed by atoms with van der Waals surface area (Å²) in [7, 11) is 1.28. The first-order valence-electron chi connectivity index (χ1n) is 3.61. The number of carbonyl (C=O) groups excluding carboxylic acids is 1. The molecule has 13 heavy (non-hydrogen) atoms. The second-order valence-corrected chi connectivity index (χ2v) is 2.37. The average molecular weight is 178 g/mol. The summed E-state index contributed by atoms with van der Waals surface area (Å²) in [5.41, 5.74) is 1.01. The highest BCUT2D eigenvalue weighted by molar-refractivity contribution is 5.98. The third kappa shape index (κ3) is 1.14. The number of hydrogen-bond acceptors (Lipinski definition) is 5. The van der Waals surface area contributed by atoms with Crippen molar-refractivity contribution in [2.24, 2.45) is 0 Å². The van der Waals surface area contributed by atoms with Gasteiger partial charge in [-0.05, 0) is 12.1 Å². The summed E-state index contributed by atoms with van der Waals surface area (Å²) in [5, 5.41) is 3.55. The zero-order valence-corrected chi connectivity index (χ0v) is 6.85. The predicted molar refractivity (Wildman–Crippen MR) is 43.1 cm³/mol. The Bertz CT molecular complexity index is 449. The summed E-state index contributed by atoms with van der Waals surface area (Å²) in [6.45, 7) is 0. The highest BCUT2D eigenvalue weighted by Crippen LogP contribution is 2.15. The van der Waals surface area contributed by atoms with Crippen molar-refractivity contribution in [2.45, 2.75) is 0 Å². The first-order valence-corrected chi connectivity index (χ1v) is 3.61. The molecule has 0 radical (unpaired) electrons. The van der Waals surface area contributed by atoms with E-state index < -0.39 is 5.97 Å². The van der Waals surface area contributed by atoms with Crippen molar-refractivity contribution in [2.75, 3.05) is 7.11 Å². The van der Waals surface area contributed by atoms with Crippen LogP contribution in [0.5, 0.6) is 0 Å². The molecule has 2 aromatic rings. The summed E-state index contributed by atoms with van der Waals surface area (Å²) < 4.78 is 9.36. The minimum atomic E-state index is -0.544. The molecular formula is C8H6N2O3. The van der Waals surface area contributed by atoms with Crippen molar-refractivity contribution < 1.29 is 14.1 Å². The fourth-order valence-corrected chi connectivity index (χ4v) is 1.01. The highest BCUT2D eigenvalue weighted by Gasteiger charge is 2.16. The van der Waals surface area contributed by atoms with Gasteiger partial charge in [-0.1, -0.05) is 5.16 Å². The van der Waals surface area contributed by atoms with Crippen LogP contribution in [0.1, 0.15) is 10.5 Å². The predicted octanol–water partition coefficient (Wildman–Crippen LogP) is 1.01. The molecule has 0 amide bonds. The Labute approximate surface area is 73.3 Å². The van der Waals surface area contributed by atoms with E-state index in [4.69, 9.17) is 4.52 Å². The van der Waals surface area contributed by atoms with Crippen LogP contribution < -0.4 is 0 Å². The first kappa shape index (κ1) is 7.72. The summed E-state index contributed by atoms with van der Waals surface area (Å²) in [6.07, 6.45) is 1.56. The van der Waals surface area contributed by atoms with Crippen molar-refractivity contribution in [3.63, 3.8) is 0 Å². The van der Waals surface area contributed by atoms with Gasteiger partial charge in [0.1, 0.15) is 5.52 Å². The number of aromatic nitrogens is 2. The molecule has 0 unspecified atom stereocenters. The van der Waals surface area contributed by atoms with Gasteiger partial charge in [0.2, 0.25) is 5.69 Å². The number of fused-ring (bicyclic) bond motifs is 1. The molecule has 2 aromatic heterocycles. The number of nitrogens with zero attached hydrogens (tertiary/aromatic N) is 2. The van der Waals surface area contributed by atoms with Gasteiger partial charge in [-0.3, -0.25) is 4.98 Å². The number of carbonyl (C=O) groups is 1. The Morgan fingerprint density at radius 2 is 2.46 bits per heavy atom. The Kier molecular flexibility index (Phi) is 1.70. The molecule has 0 aromatic carbocycles. The van der Waals surface area contributed by atoms with Gasteiger partial charge in [0.25, 0.3) is 0 Å². The summed E-state index contributed by atoms with van der Waals surface area (Å²) in [6, 6.07) is 3.39. The molecule has 66 valence electrons. The molecule has 5 heteroatoms. The zero-order chi connectivity index (χ0) is 9.26. The van der Waals surface area contributed by atoms with Crippen LogP contribution in [0.25, 0.3) is 11.1 Å². The van der Waals surface area contributed by atoms with Gasteiger partial charge < -0.3 is 9.26 Å². The number of hydrogen-bond donors (Lipinski definition) is 0. The van der Waals surface area contributed by atoms with E-state index in [9.17, 15) is 4.79 Å². The normalized spacial score (nSPS) is 10.2. The van der Waals surface area contributed by atoms with Gasteiger partial charge in [-0.25, -0.2) is 4.79 Å². The second kappa shape index (κ2) is 2.85. The largest absolute Gasteiger partial charge is 0.464 e. The van der Waals surface area contributed by atoms with Crippen LogP contribution in [0.3, 0.4) is 0 Å². The number of esters is 1. The van der Waals surface area contributed by atoms with E-state index in [0.29, 0.717) is 11.1 Å². The van der Waals surface area contributed by atoms with E-state index in [2.05, 4.69) is 14.9 Å². The fraction of sp³-hybridized carbons (Fsp3) is 0.125. The van der Waals surface area contributed by atoms with Gasteiger partial charge in [0, 0.05) is 6.20 Å². The maximum atomic E-state index is 11.1. The lowest BCUT2D eigenvalue weighted by Gasteiger charge is -1.91. The molecule has 0 saturated heterocycles. The minimum absolute atomic E-state index is 0.109. The molecule has 0 aliphatic carbocycles. The lowest BCUT2D eigenvalue weighted by molar-refractivity contribution is 0.0591.